The number of piperidine rings is 1. The third-order valence-corrected chi connectivity index (χ3v) is 6.95. The zero-order valence-electron chi connectivity index (χ0n) is 20.0. The van der Waals surface area contributed by atoms with Crippen LogP contribution in [-0.4, -0.2) is 29.9 Å². The molecule has 1 fully saturated rings. The molecule has 0 saturated carbocycles. The fraction of sp³-hybridized carbons (Fsp3) is 0.241. The number of nitrogens with two attached hydrogens (primary N) is 1. The number of aromatic nitrogens is 1. The van der Waals surface area contributed by atoms with Gasteiger partial charge in [-0.2, -0.15) is 0 Å². The summed E-state index contributed by atoms with van der Waals surface area (Å²) < 4.78 is 13.3. The molecule has 1 aromatic heterocycles. The molecule has 0 aliphatic carbocycles. The van der Waals surface area contributed by atoms with E-state index >= 15 is 0 Å². The van der Waals surface area contributed by atoms with E-state index in [-0.39, 0.29) is 18.3 Å². The van der Waals surface area contributed by atoms with Gasteiger partial charge in [-0.1, -0.05) is 42.5 Å². The van der Waals surface area contributed by atoms with Crippen LogP contribution in [-0.2, 0) is 13.0 Å². The number of carbonyl (C=O) groups excluding carboxylic acids is 2. The predicted octanol–water partition coefficient (Wildman–Crippen LogP) is 4.80. The van der Waals surface area contributed by atoms with Crippen molar-refractivity contribution >= 4 is 28.5 Å². The fourth-order valence-corrected chi connectivity index (χ4v) is 4.98. The van der Waals surface area contributed by atoms with Crippen LogP contribution >= 0.6 is 0 Å². The summed E-state index contributed by atoms with van der Waals surface area (Å²) in [5.74, 6) is 0.220. The van der Waals surface area contributed by atoms with Crippen molar-refractivity contribution < 1.29 is 14.0 Å². The third kappa shape index (κ3) is 5.10. The van der Waals surface area contributed by atoms with E-state index < -0.39 is 5.91 Å². The van der Waals surface area contributed by atoms with Gasteiger partial charge in [0.15, 0.2) is 0 Å². The first-order valence-electron chi connectivity index (χ1n) is 12.2. The standard InChI is InChI=1S/C29H29FN4O2/c30-23-9-6-21(7-10-23)18-32-29(36)26-24-17-22(27(31)35)8-11-25(24)33-28(26)34-14-12-20(13-15-34)16-19-4-2-1-3-5-19/h1-11,17,20,33H,12-16,18H2,(H2,31,35)(H,32,36). The number of amides is 2. The Morgan fingerprint density at radius 2 is 1.69 bits per heavy atom. The molecule has 1 aliphatic heterocycles. The van der Waals surface area contributed by atoms with Crippen LogP contribution in [0.5, 0.6) is 0 Å². The molecular weight excluding hydrogens is 455 g/mol. The molecule has 2 amide bonds. The Hall–Kier alpha value is -4.13. The van der Waals surface area contributed by atoms with E-state index in [0.717, 1.165) is 49.2 Å². The summed E-state index contributed by atoms with van der Waals surface area (Å²) in [5.41, 5.74) is 9.28. The minimum Gasteiger partial charge on any atom is -0.366 e. The first-order chi connectivity index (χ1) is 17.5. The highest BCUT2D eigenvalue weighted by Crippen LogP contribution is 2.33. The lowest BCUT2D eigenvalue weighted by Gasteiger charge is -2.33. The van der Waals surface area contributed by atoms with E-state index in [2.05, 4.69) is 39.5 Å². The number of hydrogen-bond donors (Lipinski definition) is 3. The maximum Gasteiger partial charge on any atom is 0.255 e. The molecule has 0 atom stereocenters. The highest BCUT2D eigenvalue weighted by Gasteiger charge is 2.27. The molecule has 0 bridgehead atoms. The van der Waals surface area contributed by atoms with Crippen molar-refractivity contribution in [2.24, 2.45) is 11.7 Å². The van der Waals surface area contributed by atoms with Crippen LogP contribution in [0, 0.1) is 11.7 Å². The Labute approximate surface area is 209 Å². The average molecular weight is 485 g/mol. The molecule has 1 saturated heterocycles. The van der Waals surface area contributed by atoms with Gasteiger partial charge < -0.3 is 20.9 Å². The molecule has 7 heteroatoms. The molecule has 0 spiro atoms. The van der Waals surface area contributed by atoms with E-state index in [0.29, 0.717) is 22.4 Å². The zero-order valence-corrected chi connectivity index (χ0v) is 20.0. The molecule has 184 valence electrons. The molecule has 2 heterocycles. The van der Waals surface area contributed by atoms with Gasteiger partial charge in [0.25, 0.3) is 5.91 Å². The Balaban J connectivity index is 1.39. The van der Waals surface area contributed by atoms with E-state index in [9.17, 15) is 14.0 Å². The number of aromatic amines is 1. The Morgan fingerprint density at radius 1 is 0.972 bits per heavy atom. The first-order valence-corrected chi connectivity index (χ1v) is 12.2. The van der Waals surface area contributed by atoms with Gasteiger partial charge in [-0.25, -0.2) is 4.39 Å². The minimum absolute atomic E-state index is 0.256. The second kappa shape index (κ2) is 10.2. The van der Waals surface area contributed by atoms with Gasteiger partial charge >= 0.3 is 0 Å². The van der Waals surface area contributed by atoms with E-state index in [1.54, 1.807) is 30.3 Å². The largest absolute Gasteiger partial charge is 0.366 e. The Kier molecular flexibility index (Phi) is 6.71. The predicted molar refractivity (Wildman–Crippen MR) is 139 cm³/mol. The van der Waals surface area contributed by atoms with Crippen LogP contribution in [0.2, 0.25) is 0 Å². The van der Waals surface area contributed by atoms with Gasteiger partial charge in [0.2, 0.25) is 5.91 Å². The number of nitrogens with one attached hydrogen (secondary N) is 2. The van der Waals surface area contributed by atoms with Crippen LogP contribution in [0.3, 0.4) is 0 Å². The normalized spacial score (nSPS) is 14.2. The number of rotatable bonds is 7. The van der Waals surface area contributed by atoms with Crippen molar-refractivity contribution in [2.45, 2.75) is 25.8 Å². The molecule has 6 nitrogen and oxygen atoms in total. The van der Waals surface area contributed by atoms with Crippen LogP contribution in [0.4, 0.5) is 10.2 Å². The number of halogens is 1. The van der Waals surface area contributed by atoms with Crippen molar-refractivity contribution in [3.8, 4) is 0 Å². The van der Waals surface area contributed by atoms with Gasteiger partial charge in [0.1, 0.15) is 11.6 Å². The summed E-state index contributed by atoms with van der Waals surface area (Å²) in [6, 6.07) is 21.7. The molecule has 4 N–H and O–H groups in total. The number of H-pyrrole nitrogens is 1. The highest BCUT2D eigenvalue weighted by atomic mass is 19.1. The molecule has 3 aromatic carbocycles. The van der Waals surface area contributed by atoms with Gasteiger partial charge in [-0.15, -0.1) is 0 Å². The van der Waals surface area contributed by atoms with Crippen molar-refractivity contribution in [2.75, 3.05) is 18.0 Å². The first kappa shape index (κ1) is 23.6. The lowest BCUT2D eigenvalue weighted by molar-refractivity contribution is 0.0951. The summed E-state index contributed by atoms with van der Waals surface area (Å²) in [6.45, 7) is 1.91. The van der Waals surface area contributed by atoms with Gasteiger partial charge in [0.05, 0.1) is 5.56 Å². The topological polar surface area (TPSA) is 91.2 Å². The molecular formula is C29H29FN4O2. The van der Waals surface area contributed by atoms with E-state index in [1.165, 1.54) is 17.7 Å². The van der Waals surface area contributed by atoms with E-state index in [4.69, 9.17) is 5.73 Å². The summed E-state index contributed by atoms with van der Waals surface area (Å²) in [5, 5.41) is 3.62. The second-order valence-electron chi connectivity index (χ2n) is 9.40. The number of nitrogens with zero attached hydrogens (tertiary/aromatic N) is 1. The van der Waals surface area contributed by atoms with Crippen LogP contribution in [0.1, 0.15) is 44.7 Å². The summed E-state index contributed by atoms with van der Waals surface area (Å²) in [4.78, 5) is 30.9. The van der Waals surface area contributed by atoms with Crippen LogP contribution < -0.4 is 16.0 Å². The number of benzene rings is 3. The average Bonchev–Trinajstić information content (AvgIpc) is 3.28. The smallest absolute Gasteiger partial charge is 0.255 e. The zero-order chi connectivity index (χ0) is 25.1. The second-order valence-corrected chi connectivity index (χ2v) is 9.40. The van der Waals surface area contributed by atoms with Crippen LogP contribution in [0.25, 0.3) is 10.9 Å². The molecule has 0 unspecified atom stereocenters. The molecule has 5 rings (SSSR count). The van der Waals surface area contributed by atoms with E-state index in [1.807, 2.05) is 6.07 Å². The van der Waals surface area contributed by atoms with Crippen molar-refractivity contribution in [3.05, 3.63) is 101 Å². The van der Waals surface area contributed by atoms with Gasteiger partial charge in [-0.05, 0) is 66.6 Å². The number of hydrogen-bond acceptors (Lipinski definition) is 3. The lowest BCUT2D eigenvalue weighted by atomic mass is 9.90. The number of primary amides is 1. The molecule has 1 aliphatic rings. The quantitative estimate of drug-likeness (QED) is 0.352. The van der Waals surface area contributed by atoms with Gasteiger partial charge in [0, 0.05) is 36.1 Å². The maximum atomic E-state index is 13.5. The maximum absolute atomic E-state index is 13.5. The molecule has 0 radical (unpaired) electrons. The highest BCUT2D eigenvalue weighted by molar-refractivity contribution is 6.13. The van der Waals surface area contributed by atoms with Crippen LogP contribution in [0.15, 0.2) is 72.8 Å². The Morgan fingerprint density at radius 3 is 2.39 bits per heavy atom. The molecule has 36 heavy (non-hydrogen) atoms. The summed E-state index contributed by atoms with van der Waals surface area (Å²) in [6.07, 6.45) is 3.09. The SMILES string of the molecule is NC(=O)c1ccc2[nH]c(N3CCC(Cc4ccccc4)CC3)c(C(=O)NCc3ccc(F)cc3)c2c1. The lowest BCUT2D eigenvalue weighted by Crippen LogP contribution is -2.36. The third-order valence-electron chi connectivity index (χ3n) is 6.95. The summed E-state index contributed by atoms with van der Waals surface area (Å²) >= 11 is 0. The molecule has 4 aromatic rings. The van der Waals surface area contributed by atoms with Gasteiger partial charge in [-0.3, -0.25) is 9.59 Å². The Bertz CT molecular complexity index is 1370. The number of fused-ring (bicyclic) bond motifs is 1. The number of anilines is 1. The summed E-state index contributed by atoms with van der Waals surface area (Å²) in [7, 11) is 0. The minimum atomic E-state index is -0.543. The van der Waals surface area contributed by atoms with Crippen molar-refractivity contribution in [1.29, 1.82) is 0 Å². The fourth-order valence-electron chi connectivity index (χ4n) is 4.98. The monoisotopic (exact) mass is 484 g/mol. The van der Waals surface area contributed by atoms with Crippen molar-refractivity contribution in [3.63, 3.8) is 0 Å². The number of carbonyl (C=O) groups is 2. The van der Waals surface area contributed by atoms with Crippen molar-refractivity contribution in [1.82, 2.24) is 10.3 Å².